The van der Waals surface area contributed by atoms with Crippen molar-refractivity contribution in [3.63, 3.8) is 0 Å². The normalized spacial score (nSPS) is 16.3. The third-order valence-electron chi connectivity index (χ3n) is 3.42. The van der Waals surface area contributed by atoms with E-state index in [9.17, 15) is 13.6 Å². The van der Waals surface area contributed by atoms with Crippen molar-refractivity contribution in [1.82, 2.24) is 10.6 Å². The number of carbonyl (C=O) groups is 1. The monoisotopic (exact) mass is 268 g/mol. The topological polar surface area (TPSA) is 41.1 Å². The Morgan fingerprint density at radius 1 is 1.32 bits per heavy atom. The minimum absolute atomic E-state index is 0.0315. The third kappa shape index (κ3) is 3.99. The summed E-state index contributed by atoms with van der Waals surface area (Å²) in [4.78, 5) is 11.8. The highest BCUT2D eigenvalue weighted by Crippen LogP contribution is 2.12. The van der Waals surface area contributed by atoms with Gasteiger partial charge in [-0.1, -0.05) is 6.07 Å². The minimum atomic E-state index is -0.583. The van der Waals surface area contributed by atoms with Crippen molar-refractivity contribution in [3.05, 3.63) is 35.4 Å². The smallest absolute Gasteiger partial charge is 0.223 e. The predicted octanol–water partition coefficient (Wildman–Crippen LogP) is 1.62. The fourth-order valence-corrected chi connectivity index (χ4v) is 2.27. The lowest BCUT2D eigenvalue weighted by Crippen LogP contribution is -2.38. The van der Waals surface area contributed by atoms with Crippen LogP contribution in [0.2, 0.25) is 0 Å². The molecule has 0 aliphatic carbocycles. The van der Waals surface area contributed by atoms with E-state index in [0.29, 0.717) is 18.5 Å². The van der Waals surface area contributed by atoms with Crippen LogP contribution in [-0.2, 0) is 11.2 Å². The Bertz CT molecular complexity index is 445. The molecule has 0 atom stereocenters. The lowest BCUT2D eigenvalue weighted by molar-refractivity contribution is -0.125. The second kappa shape index (κ2) is 6.61. The third-order valence-corrected chi connectivity index (χ3v) is 3.42. The van der Waals surface area contributed by atoms with Crippen molar-refractivity contribution in [2.24, 2.45) is 5.92 Å². The minimum Gasteiger partial charge on any atom is -0.356 e. The number of hydrogen-bond acceptors (Lipinski definition) is 2. The molecule has 0 radical (unpaired) electrons. The highest BCUT2D eigenvalue weighted by molar-refractivity contribution is 5.78. The van der Waals surface area contributed by atoms with Gasteiger partial charge in [0.05, 0.1) is 0 Å². The molecule has 0 bridgehead atoms. The summed E-state index contributed by atoms with van der Waals surface area (Å²) in [7, 11) is 0. The van der Waals surface area contributed by atoms with Crippen LogP contribution in [0.15, 0.2) is 18.2 Å². The number of halogens is 2. The van der Waals surface area contributed by atoms with Gasteiger partial charge in [-0.15, -0.1) is 0 Å². The molecule has 1 aliphatic rings. The predicted molar refractivity (Wildman–Crippen MR) is 68.7 cm³/mol. The molecule has 1 aromatic carbocycles. The van der Waals surface area contributed by atoms with E-state index in [-0.39, 0.29) is 11.8 Å². The molecule has 1 fully saturated rings. The maximum Gasteiger partial charge on any atom is 0.223 e. The Morgan fingerprint density at radius 3 is 2.74 bits per heavy atom. The molecule has 1 aromatic rings. The molecule has 19 heavy (non-hydrogen) atoms. The molecule has 1 saturated heterocycles. The van der Waals surface area contributed by atoms with Gasteiger partial charge in [0.2, 0.25) is 5.91 Å². The first-order valence-electron chi connectivity index (χ1n) is 6.59. The SMILES string of the molecule is O=C(NCCc1ccc(F)cc1F)C1CCNCC1. The molecule has 2 rings (SSSR count). The number of hydrogen-bond donors (Lipinski definition) is 2. The molecular weight excluding hydrogens is 250 g/mol. The quantitative estimate of drug-likeness (QED) is 0.871. The Kier molecular flexibility index (Phi) is 4.85. The van der Waals surface area contributed by atoms with Crippen LogP contribution >= 0.6 is 0 Å². The molecule has 5 heteroatoms. The molecule has 0 unspecified atom stereocenters. The zero-order chi connectivity index (χ0) is 13.7. The van der Waals surface area contributed by atoms with Gasteiger partial charge < -0.3 is 10.6 Å². The summed E-state index contributed by atoms with van der Waals surface area (Å²) in [6.07, 6.45) is 2.07. The molecule has 1 heterocycles. The second-order valence-electron chi connectivity index (χ2n) is 4.80. The standard InChI is InChI=1S/C14H18F2N2O/c15-12-2-1-10(13(16)9-12)5-8-18-14(19)11-3-6-17-7-4-11/h1-2,9,11,17H,3-8H2,(H,18,19). The fourth-order valence-electron chi connectivity index (χ4n) is 2.27. The van der Waals surface area contributed by atoms with Gasteiger partial charge in [0.1, 0.15) is 11.6 Å². The molecule has 0 spiro atoms. The first-order valence-corrected chi connectivity index (χ1v) is 6.59. The lowest BCUT2D eigenvalue weighted by atomic mass is 9.97. The van der Waals surface area contributed by atoms with Gasteiger partial charge in [-0.2, -0.15) is 0 Å². The summed E-state index contributed by atoms with van der Waals surface area (Å²) >= 11 is 0. The van der Waals surface area contributed by atoms with Gasteiger partial charge in [0.25, 0.3) is 0 Å². The van der Waals surface area contributed by atoms with Crippen LogP contribution in [-0.4, -0.2) is 25.5 Å². The zero-order valence-electron chi connectivity index (χ0n) is 10.7. The molecular formula is C14H18F2N2O. The molecule has 2 N–H and O–H groups in total. The highest BCUT2D eigenvalue weighted by Gasteiger charge is 2.20. The number of amides is 1. The average Bonchev–Trinajstić information content (AvgIpc) is 2.42. The second-order valence-corrected chi connectivity index (χ2v) is 4.80. The first-order chi connectivity index (χ1) is 9.16. The first kappa shape index (κ1) is 13.9. The highest BCUT2D eigenvalue weighted by atomic mass is 19.1. The summed E-state index contributed by atoms with van der Waals surface area (Å²) < 4.78 is 26.1. The van der Waals surface area contributed by atoms with Crippen LogP contribution in [0, 0.1) is 17.6 Å². The van der Waals surface area contributed by atoms with Gasteiger partial charge in [-0.3, -0.25) is 4.79 Å². The molecule has 1 aliphatic heterocycles. The van der Waals surface area contributed by atoms with Crippen molar-refractivity contribution in [1.29, 1.82) is 0 Å². The molecule has 0 aromatic heterocycles. The van der Waals surface area contributed by atoms with Crippen molar-refractivity contribution in [3.8, 4) is 0 Å². The maximum atomic E-state index is 13.4. The number of rotatable bonds is 4. The zero-order valence-corrected chi connectivity index (χ0v) is 10.7. The van der Waals surface area contributed by atoms with E-state index >= 15 is 0 Å². The van der Waals surface area contributed by atoms with Crippen LogP contribution < -0.4 is 10.6 Å². The van der Waals surface area contributed by atoms with Crippen molar-refractivity contribution in [2.45, 2.75) is 19.3 Å². The van der Waals surface area contributed by atoms with Gasteiger partial charge in [0, 0.05) is 18.5 Å². The Hall–Kier alpha value is -1.49. The summed E-state index contributed by atoms with van der Waals surface area (Å²) in [5.41, 5.74) is 0.423. The Morgan fingerprint density at radius 2 is 2.05 bits per heavy atom. The maximum absolute atomic E-state index is 13.4. The van der Waals surface area contributed by atoms with E-state index < -0.39 is 11.6 Å². The molecule has 1 amide bonds. The largest absolute Gasteiger partial charge is 0.356 e. The summed E-state index contributed by atoms with van der Waals surface area (Å²) in [5.74, 6) is -1.06. The van der Waals surface area contributed by atoms with Crippen LogP contribution in [0.4, 0.5) is 8.78 Å². The van der Waals surface area contributed by atoms with Crippen LogP contribution in [0.25, 0.3) is 0 Å². The number of benzene rings is 1. The van der Waals surface area contributed by atoms with Crippen LogP contribution in [0.3, 0.4) is 0 Å². The Labute approximate surface area is 111 Å². The molecule has 0 saturated carbocycles. The summed E-state index contributed by atoms with van der Waals surface area (Å²) in [6.45, 7) is 2.11. The van der Waals surface area contributed by atoms with E-state index in [1.54, 1.807) is 0 Å². The van der Waals surface area contributed by atoms with E-state index in [1.807, 2.05) is 0 Å². The van der Waals surface area contributed by atoms with Crippen molar-refractivity contribution >= 4 is 5.91 Å². The summed E-state index contributed by atoms with van der Waals surface area (Å²) in [5, 5.41) is 6.01. The van der Waals surface area contributed by atoms with Crippen LogP contribution in [0.1, 0.15) is 18.4 Å². The van der Waals surface area contributed by atoms with E-state index in [1.165, 1.54) is 12.1 Å². The van der Waals surface area contributed by atoms with Gasteiger partial charge in [-0.25, -0.2) is 8.78 Å². The van der Waals surface area contributed by atoms with E-state index in [0.717, 1.165) is 32.0 Å². The Balaban J connectivity index is 1.78. The number of nitrogens with one attached hydrogen (secondary N) is 2. The molecule has 3 nitrogen and oxygen atoms in total. The average molecular weight is 268 g/mol. The number of carbonyl (C=O) groups excluding carboxylic acids is 1. The van der Waals surface area contributed by atoms with Crippen LogP contribution in [0.5, 0.6) is 0 Å². The van der Waals surface area contributed by atoms with Gasteiger partial charge in [-0.05, 0) is 44.0 Å². The fraction of sp³-hybridized carbons (Fsp3) is 0.500. The van der Waals surface area contributed by atoms with Crippen molar-refractivity contribution in [2.75, 3.05) is 19.6 Å². The lowest BCUT2D eigenvalue weighted by Gasteiger charge is -2.21. The van der Waals surface area contributed by atoms with Gasteiger partial charge in [0.15, 0.2) is 0 Å². The summed E-state index contributed by atoms with van der Waals surface area (Å²) in [6, 6.07) is 3.51. The van der Waals surface area contributed by atoms with Gasteiger partial charge >= 0.3 is 0 Å². The van der Waals surface area contributed by atoms with Crippen molar-refractivity contribution < 1.29 is 13.6 Å². The van der Waals surface area contributed by atoms with E-state index in [2.05, 4.69) is 10.6 Å². The molecule has 104 valence electrons. The number of piperidine rings is 1. The van der Waals surface area contributed by atoms with E-state index in [4.69, 9.17) is 0 Å².